The Hall–Kier alpha value is -3.35. The molecule has 1 N–H and O–H groups in total. The largest absolute Gasteiger partial charge is 0.497 e. The van der Waals surface area contributed by atoms with E-state index in [1.807, 2.05) is 0 Å². The molecule has 0 saturated carbocycles. The van der Waals surface area contributed by atoms with Crippen molar-refractivity contribution in [3.63, 3.8) is 0 Å². The number of carbonyl (C=O) groups excluding carboxylic acids is 1. The summed E-state index contributed by atoms with van der Waals surface area (Å²) in [6.07, 6.45) is 0. The number of rotatable bonds is 4. The Kier molecular flexibility index (Phi) is 3.91. The number of nitrogens with one attached hydrogen (secondary N) is 1. The van der Waals surface area contributed by atoms with Crippen LogP contribution in [0.5, 0.6) is 5.75 Å². The third-order valence-corrected chi connectivity index (χ3v) is 3.55. The van der Waals surface area contributed by atoms with E-state index in [0.717, 1.165) is 10.9 Å². The molecule has 0 aliphatic rings. The Morgan fingerprint density at radius 1 is 1.21 bits per heavy atom. The van der Waals surface area contributed by atoms with Gasteiger partial charge in [-0.05, 0) is 36.8 Å². The van der Waals surface area contributed by atoms with Crippen molar-refractivity contribution in [2.45, 2.75) is 6.92 Å². The van der Waals surface area contributed by atoms with Crippen LogP contribution in [0.15, 0.2) is 46.9 Å². The molecule has 24 heavy (non-hydrogen) atoms. The summed E-state index contributed by atoms with van der Waals surface area (Å²) in [6.45, 7) is 1.74. The van der Waals surface area contributed by atoms with E-state index in [4.69, 9.17) is 9.15 Å². The van der Waals surface area contributed by atoms with E-state index in [9.17, 15) is 14.9 Å². The van der Waals surface area contributed by atoms with Crippen LogP contribution in [-0.2, 0) is 0 Å². The van der Waals surface area contributed by atoms with Gasteiger partial charge >= 0.3 is 0 Å². The molecule has 0 aliphatic carbocycles. The number of hydrogen-bond acceptors (Lipinski definition) is 5. The van der Waals surface area contributed by atoms with Crippen LogP contribution in [0.1, 0.15) is 16.1 Å². The van der Waals surface area contributed by atoms with Crippen molar-refractivity contribution in [1.29, 1.82) is 0 Å². The first-order valence-corrected chi connectivity index (χ1v) is 7.12. The number of nitrogens with zero attached hydrogens (tertiary/aromatic N) is 1. The average Bonchev–Trinajstić information content (AvgIpc) is 2.99. The maximum atomic E-state index is 12.3. The maximum absolute atomic E-state index is 12.3. The number of nitro benzene ring substituents is 1. The number of nitro groups is 1. The van der Waals surface area contributed by atoms with Gasteiger partial charge in [-0.25, -0.2) is 0 Å². The summed E-state index contributed by atoms with van der Waals surface area (Å²) in [7, 11) is 1.54. The van der Waals surface area contributed by atoms with Crippen LogP contribution >= 0.6 is 0 Å². The van der Waals surface area contributed by atoms with Crippen LogP contribution in [0, 0.1) is 17.0 Å². The molecule has 7 nitrogen and oxygen atoms in total. The molecule has 0 bridgehead atoms. The van der Waals surface area contributed by atoms with Crippen LogP contribution < -0.4 is 10.1 Å². The molecule has 122 valence electrons. The SMILES string of the molecule is COc1ccc2cc(C(=O)Nc3ccc(C)cc3[N+](=O)[O-])oc2c1. The normalized spacial score (nSPS) is 10.6. The van der Waals surface area contributed by atoms with Gasteiger partial charge in [-0.15, -0.1) is 0 Å². The van der Waals surface area contributed by atoms with E-state index >= 15 is 0 Å². The summed E-state index contributed by atoms with van der Waals surface area (Å²) in [6, 6.07) is 11.3. The monoisotopic (exact) mass is 326 g/mol. The maximum Gasteiger partial charge on any atom is 0.293 e. The van der Waals surface area contributed by atoms with E-state index < -0.39 is 10.8 Å². The number of ether oxygens (including phenoxy) is 1. The number of hydrogen-bond donors (Lipinski definition) is 1. The fourth-order valence-electron chi connectivity index (χ4n) is 2.33. The Balaban J connectivity index is 1.91. The minimum Gasteiger partial charge on any atom is -0.497 e. The van der Waals surface area contributed by atoms with E-state index in [1.54, 1.807) is 37.3 Å². The van der Waals surface area contributed by atoms with Crippen molar-refractivity contribution in [3.05, 3.63) is 63.9 Å². The van der Waals surface area contributed by atoms with Gasteiger partial charge in [-0.2, -0.15) is 0 Å². The highest BCUT2D eigenvalue weighted by Crippen LogP contribution is 2.28. The fourth-order valence-corrected chi connectivity index (χ4v) is 2.33. The molecule has 3 rings (SSSR count). The number of fused-ring (bicyclic) bond motifs is 1. The lowest BCUT2D eigenvalue weighted by Gasteiger charge is -2.05. The Morgan fingerprint density at radius 2 is 2.00 bits per heavy atom. The molecule has 3 aromatic rings. The first-order valence-electron chi connectivity index (χ1n) is 7.12. The number of aryl methyl sites for hydroxylation is 1. The molecule has 0 saturated heterocycles. The minimum absolute atomic E-state index is 0.0631. The highest BCUT2D eigenvalue weighted by atomic mass is 16.6. The number of benzene rings is 2. The lowest BCUT2D eigenvalue weighted by Crippen LogP contribution is -2.12. The molecule has 0 fully saturated rings. The molecular weight excluding hydrogens is 312 g/mol. The Bertz CT molecular complexity index is 945. The van der Waals surface area contributed by atoms with Gasteiger partial charge in [0.05, 0.1) is 12.0 Å². The van der Waals surface area contributed by atoms with Gasteiger partial charge in [-0.3, -0.25) is 14.9 Å². The summed E-state index contributed by atoms with van der Waals surface area (Å²) < 4.78 is 10.6. The third kappa shape index (κ3) is 2.91. The summed E-state index contributed by atoms with van der Waals surface area (Å²) >= 11 is 0. The van der Waals surface area contributed by atoms with Crippen molar-refractivity contribution in [1.82, 2.24) is 0 Å². The molecule has 0 spiro atoms. The molecular formula is C17H14N2O5. The molecule has 7 heteroatoms. The quantitative estimate of drug-likeness (QED) is 0.579. The highest BCUT2D eigenvalue weighted by molar-refractivity contribution is 6.05. The number of methoxy groups -OCH3 is 1. The Labute approximate surface area is 137 Å². The van der Waals surface area contributed by atoms with Crippen molar-refractivity contribution >= 4 is 28.3 Å². The van der Waals surface area contributed by atoms with Gasteiger partial charge in [0.1, 0.15) is 17.0 Å². The van der Waals surface area contributed by atoms with Gasteiger partial charge in [0.15, 0.2) is 5.76 Å². The van der Waals surface area contributed by atoms with Gasteiger partial charge in [0, 0.05) is 17.5 Å². The molecule has 0 radical (unpaired) electrons. The predicted molar refractivity (Wildman–Crippen MR) is 88.6 cm³/mol. The number of carbonyl (C=O) groups is 1. The van der Waals surface area contributed by atoms with E-state index in [1.165, 1.54) is 19.2 Å². The lowest BCUT2D eigenvalue weighted by molar-refractivity contribution is -0.384. The molecule has 2 aromatic carbocycles. The molecule has 1 aromatic heterocycles. The van der Waals surface area contributed by atoms with Crippen LogP contribution in [0.4, 0.5) is 11.4 Å². The zero-order valence-corrected chi connectivity index (χ0v) is 13.0. The summed E-state index contributed by atoms with van der Waals surface area (Å²) in [4.78, 5) is 22.9. The molecule has 1 amide bonds. The second-order valence-electron chi connectivity index (χ2n) is 5.25. The molecule has 0 unspecified atom stereocenters. The molecule has 0 aliphatic heterocycles. The van der Waals surface area contributed by atoms with Gasteiger partial charge < -0.3 is 14.5 Å². The predicted octanol–water partition coefficient (Wildman–Crippen LogP) is 3.91. The molecule has 0 atom stereocenters. The number of anilines is 1. The van der Waals surface area contributed by atoms with Crippen molar-refractivity contribution in [2.75, 3.05) is 12.4 Å². The van der Waals surface area contributed by atoms with Gasteiger partial charge in [0.25, 0.3) is 11.6 Å². The topological polar surface area (TPSA) is 94.6 Å². The second kappa shape index (κ2) is 6.04. The molecule has 1 heterocycles. The zero-order chi connectivity index (χ0) is 17.3. The van der Waals surface area contributed by atoms with E-state index in [0.29, 0.717) is 11.3 Å². The van der Waals surface area contributed by atoms with Crippen LogP contribution in [0.3, 0.4) is 0 Å². The van der Waals surface area contributed by atoms with Crippen LogP contribution in [0.2, 0.25) is 0 Å². The van der Waals surface area contributed by atoms with Crippen LogP contribution in [0.25, 0.3) is 11.0 Å². The standard InChI is InChI=1S/C17H14N2O5/c1-10-3-6-13(14(7-10)19(21)22)18-17(20)16-8-11-4-5-12(23-2)9-15(11)24-16/h3-9H,1-2H3,(H,18,20). The van der Waals surface area contributed by atoms with Crippen molar-refractivity contribution in [3.8, 4) is 5.75 Å². The summed E-state index contributed by atoms with van der Waals surface area (Å²) in [5, 5.41) is 14.4. The summed E-state index contributed by atoms with van der Waals surface area (Å²) in [5.74, 6) is 0.114. The third-order valence-electron chi connectivity index (χ3n) is 3.55. The van der Waals surface area contributed by atoms with E-state index in [-0.39, 0.29) is 17.1 Å². The van der Waals surface area contributed by atoms with Gasteiger partial charge in [-0.1, -0.05) is 6.07 Å². The van der Waals surface area contributed by atoms with E-state index in [2.05, 4.69) is 5.32 Å². The number of amides is 1. The first-order chi connectivity index (χ1) is 11.5. The van der Waals surface area contributed by atoms with Crippen molar-refractivity contribution in [2.24, 2.45) is 0 Å². The fraction of sp³-hybridized carbons (Fsp3) is 0.118. The minimum atomic E-state index is -0.558. The smallest absolute Gasteiger partial charge is 0.293 e. The van der Waals surface area contributed by atoms with Crippen molar-refractivity contribution < 1.29 is 18.9 Å². The highest BCUT2D eigenvalue weighted by Gasteiger charge is 2.19. The zero-order valence-electron chi connectivity index (χ0n) is 13.0. The Morgan fingerprint density at radius 3 is 2.71 bits per heavy atom. The van der Waals surface area contributed by atoms with Crippen LogP contribution in [-0.4, -0.2) is 17.9 Å². The average molecular weight is 326 g/mol. The lowest BCUT2D eigenvalue weighted by atomic mass is 10.2. The van der Waals surface area contributed by atoms with Gasteiger partial charge in [0.2, 0.25) is 0 Å². The second-order valence-corrected chi connectivity index (χ2v) is 5.25. The first kappa shape index (κ1) is 15.5. The summed E-state index contributed by atoms with van der Waals surface area (Å²) in [5.41, 5.74) is 1.18. The number of furan rings is 1.